The van der Waals surface area contributed by atoms with Crippen LogP contribution in [0.15, 0.2) is 23.1 Å². The lowest BCUT2D eigenvalue weighted by Gasteiger charge is -2.12. The lowest BCUT2D eigenvalue weighted by Crippen LogP contribution is -2.43. The molecule has 0 aliphatic carbocycles. The van der Waals surface area contributed by atoms with E-state index in [1.165, 1.54) is 12.1 Å². The number of halogens is 1. The van der Waals surface area contributed by atoms with Crippen LogP contribution in [0.1, 0.15) is 0 Å². The van der Waals surface area contributed by atoms with Crippen molar-refractivity contribution in [1.82, 2.24) is 10.6 Å². The predicted octanol–water partition coefficient (Wildman–Crippen LogP) is 0.611. The number of carbonyl (C=O) groups excluding carboxylic acids is 1. The van der Waals surface area contributed by atoms with Gasteiger partial charge in [0, 0.05) is 37.0 Å². The number of amides is 1. The molecule has 1 aromatic rings. The van der Waals surface area contributed by atoms with Crippen molar-refractivity contribution in [2.24, 2.45) is 0 Å². The third-order valence-corrected chi connectivity index (χ3v) is 5.42. The number of hydrogen-bond donors (Lipinski definition) is 3. The van der Waals surface area contributed by atoms with Crippen LogP contribution in [0, 0.1) is 10.1 Å². The minimum Gasteiger partial charge on any atom is -0.378 e. The van der Waals surface area contributed by atoms with Crippen molar-refractivity contribution in [3.8, 4) is 0 Å². The van der Waals surface area contributed by atoms with E-state index in [1.54, 1.807) is 11.8 Å². The molecule has 1 aromatic carbocycles. The number of nitro groups is 1. The normalized spacial score (nSPS) is 16.8. The van der Waals surface area contributed by atoms with Gasteiger partial charge in [-0.15, -0.1) is 24.2 Å². The van der Waals surface area contributed by atoms with Crippen molar-refractivity contribution in [2.45, 2.75) is 10.9 Å². The number of rotatable bonds is 7. The zero-order valence-electron chi connectivity index (χ0n) is 13.4. The minimum absolute atomic E-state index is 0. The monoisotopic (exact) mass is 410 g/mol. The fraction of sp³-hybridized carbons (Fsp3) is 0.462. The van der Waals surface area contributed by atoms with E-state index in [9.17, 15) is 23.3 Å². The molecule has 0 saturated carbocycles. The lowest BCUT2D eigenvalue weighted by molar-refractivity contribution is -0.384. The van der Waals surface area contributed by atoms with Gasteiger partial charge in [-0.3, -0.25) is 20.2 Å². The second-order valence-corrected chi connectivity index (χ2v) is 8.24. The highest BCUT2D eigenvalue weighted by Crippen LogP contribution is 2.27. The molecule has 0 bridgehead atoms. The van der Waals surface area contributed by atoms with Gasteiger partial charge in [-0.05, 0) is 12.1 Å². The number of nitrogens with zero attached hydrogens (tertiary/aromatic N) is 1. The number of thioether (sulfide) groups is 1. The molecule has 0 radical (unpaired) electrons. The highest BCUT2D eigenvalue weighted by molar-refractivity contribution is 7.99. The van der Waals surface area contributed by atoms with Gasteiger partial charge in [0.05, 0.1) is 15.9 Å². The summed E-state index contributed by atoms with van der Waals surface area (Å²) >= 11 is 1.64. The van der Waals surface area contributed by atoms with Crippen LogP contribution in [0.4, 0.5) is 11.4 Å². The summed E-state index contributed by atoms with van der Waals surface area (Å²) in [5.74, 6) is 1.36. The van der Waals surface area contributed by atoms with E-state index in [1.807, 2.05) is 0 Å². The van der Waals surface area contributed by atoms with Crippen LogP contribution >= 0.6 is 24.2 Å². The quantitative estimate of drug-likeness (QED) is 0.338. The van der Waals surface area contributed by atoms with E-state index in [-0.39, 0.29) is 47.2 Å². The molecular formula is C13H19ClN4O5S2. The molecule has 2 rings (SSSR count). The first-order valence-corrected chi connectivity index (χ1v) is 10.1. The molecule has 12 heteroatoms. The van der Waals surface area contributed by atoms with Gasteiger partial charge < -0.3 is 10.6 Å². The summed E-state index contributed by atoms with van der Waals surface area (Å²) < 4.78 is 23.0. The van der Waals surface area contributed by atoms with Gasteiger partial charge in [-0.2, -0.15) is 0 Å². The molecule has 1 fully saturated rings. The molecule has 140 valence electrons. The molecule has 3 N–H and O–H groups in total. The van der Waals surface area contributed by atoms with Gasteiger partial charge in [0.15, 0.2) is 9.84 Å². The van der Waals surface area contributed by atoms with E-state index in [2.05, 4.69) is 16.0 Å². The van der Waals surface area contributed by atoms with Crippen molar-refractivity contribution in [1.29, 1.82) is 0 Å². The Balaban J connectivity index is 0.00000312. The maximum atomic E-state index is 11.8. The van der Waals surface area contributed by atoms with Crippen LogP contribution in [-0.4, -0.2) is 56.3 Å². The lowest BCUT2D eigenvalue weighted by atomic mass is 10.2. The average Bonchev–Trinajstić information content (AvgIpc) is 3.04. The van der Waals surface area contributed by atoms with Gasteiger partial charge in [-0.25, -0.2) is 8.42 Å². The Morgan fingerprint density at radius 3 is 2.72 bits per heavy atom. The van der Waals surface area contributed by atoms with Gasteiger partial charge in [0.25, 0.3) is 5.69 Å². The Hall–Kier alpha value is -1.56. The Morgan fingerprint density at radius 1 is 1.44 bits per heavy atom. The van der Waals surface area contributed by atoms with Crippen LogP contribution in [0.25, 0.3) is 0 Å². The van der Waals surface area contributed by atoms with Crippen LogP contribution in [-0.2, 0) is 14.6 Å². The van der Waals surface area contributed by atoms with Crippen molar-refractivity contribution in [2.75, 3.05) is 36.3 Å². The minimum atomic E-state index is -3.52. The molecule has 0 aromatic heterocycles. The molecule has 0 spiro atoms. The SMILES string of the molecule is CS(=O)(=O)c1ccc(NCCNC(=O)C2CSCN2)c([N+](=O)[O-])c1.Cl. The number of nitrogens with one attached hydrogen (secondary N) is 3. The molecule has 1 atom stereocenters. The van der Waals surface area contributed by atoms with Crippen molar-refractivity contribution in [3.63, 3.8) is 0 Å². The number of anilines is 1. The summed E-state index contributed by atoms with van der Waals surface area (Å²) in [6.07, 6.45) is 0.990. The maximum Gasteiger partial charge on any atom is 0.293 e. The van der Waals surface area contributed by atoms with E-state index >= 15 is 0 Å². The van der Waals surface area contributed by atoms with Crippen molar-refractivity contribution in [3.05, 3.63) is 28.3 Å². The number of hydrogen-bond acceptors (Lipinski definition) is 8. The summed E-state index contributed by atoms with van der Waals surface area (Å²) in [6.45, 7) is 0.581. The van der Waals surface area contributed by atoms with E-state index < -0.39 is 14.8 Å². The van der Waals surface area contributed by atoms with Crippen LogP contribution in [0.2, 0.25) is 0 Å². The van der Waals surface area contributed by atoms with E-state index in [4.69, 9.17) is 0 Å². The fourth-order valence-electron chi connectivity index (χ4n) is 2.11. The molecular weight excluding hydrogens is 392 g/mol. The molecule has 25 heavy (non-hydrogen) atoms. The summed E-state index contributed by atoms with van der Waals surface area (Å²) in [6, 6.07) is 3.48. The Bertz CT molecular complexity index is 738. The first-order chi connectivity index (χ1) is 11.3. The molecule has 1 aliphatic heterocycles. The van der Waals surface area contributed by atoms with Crippen molar-refractivity contribution < 1.29 is 18.1 Å². The highest BCUT2D eigenvalue weighted by atomic mass is 35.5. The van der Waals surface area contributed by atoms with Crippen LogP contribution in [0.5, 0.6) is 0 Å². The number of carbonyl (C=O) groups is 1. The summed E-state index contributed by atoms with van der Waals surface area (Å²) in [5, 5.41) is 19.7. The Morgan fingerprint density at radius 2 is 2.16 bits per heavy atom. The maximum absolute atomic E-state index is 11.8. The smallest absolute Gasteiger partial charge is 0.293 e. The Kier molecular flexibility index (Phi) is 7.93. The van der Waals surface area contributed by atoms with E-state index in [0.29, 0.717) is 6.54 Å². The number of benzene rings is 1. The van der Waals surface area contributed by atoms with Gasteiger partial charge >= 0.3 is 0 Å². The summed E-state index contributed by atoms with van der Waals surface area (Å²) in [4.78, 5) is 22.1. The molecule has 1 amide bonds. The largest absolute Gasteiger partial charge is 0.378 e. The zero-order valence-corrected chi connectivity index (χ0v) is 15.8. The van der Waals surface area contributed by atoms with Gasteiger partial charge in [-0.1, -0.05) is 0 Å². The molecule has 1 heterocycles. The third kappa shape index (κ3) is 6.03. The van der Waals surface area contributed by atoms with Gasteiger partial charge in [0.2, 0.25) is 5.91 Å². The highest BCUT2D eigenvalue weighted by Gasteiger charge is 2.22. The van der Waals surface area contributed by atoms with Crippen LogP contribution in [0.3, 0.4) is 0 Å². The van der Waals surface area contributed by atoms with Crippen molar-refractivity contribution >= 4 is 51.3 Å². The van der Waals surface area contributed by atoms with E-state index in [0.717, 1.165) is 24.0 Å². The average molecular weight is 411 g/mol. The van der Waals surface area contributed by atoms with Crippen LogP contribution < -0.4 is 16.0 Å². The third-order valence-electron chi connectivity index (χ3n) is 3.37. The predicted molar refractivity (Wildman–Crippen MR) is 99.2 cm³/mol. The zero-order chi connectivity index (χ0) is 17.7. The summed E-state index contributed by atoms with van der Waals surface area (Å²) in [7, 11) is -3.52. The molecule has 1 unspecified atom stereocenters. The second kappa shape index (κ2) is 9.22. The fourth-order valence-corrected chi connectivity index (χ4v) is 3.70. The van der Waals surface area contributed by atoms with Gasteiger partial charge in [0.1, 0.15) is 5.69 Å². The Labute approximate surface area is 155 Å². The first-order valence-electron chi connectivity index (χ1n) is 7.10. The molecule has 1 saturated heterocycles. The standard InChI is InChI=1S/C13H18N4O5S2.ClH/c1-24(21,22)9-2-3-10(12(6-9)17(19)20)14-4-5-15-13(18)11-7-23-8-16-11;/h2-3,6,11,14,16H,4-5,7-8H2,1H3,(H,15,18);1H. The first kappa shape index (κ1) is 21.5. The second-order valence-electron chi connectivity index (χ2n) is 5.20. The summed E-state index contributed by atoms with van der Waals surface area (Å²) in [5.41, 5.74) is -0.116. The topological polar surface area (TPSA) is 130 Å². The molecule has 1 aliphatic rings. The molecule has 9 nitrogen and oxygen atoms in total. The number of nitro benzene ring substituents is 1. The number of sulfone groups is 1.